The molecule has 0 bridgehead atoms. The summed E-state index contributed by atoms with van der Waals surface area (Å²) in [4.78, 5) is 0. The van der Waals surface area contributed by atoms with Gasteiger partial charge in [-0.3, -0.25) is 0 Å². The van der Waals surface area contributed by atoms with E-state index in [4.69, 9.17) is 0 Å². The van der Waals surface area contributed by atoms with Crippen LogP contribution in [-0.2, 0) is 0 Å². The molecule has 0 aromatic rings. The third kappa shape index (κ3) is 4.09. The van der Waals surface area contributed by atoms with Gasteiger partial charge in [0, 0.05) is 3.92 Å². The van der Waals surface area contributed by atoms with Crippen molar-refractivity contribution in [3.63, 3.8) is 0 Å². The van der Waals surface area contributed by atoms with Crippen LogP contribution in [0.5, 0.6) is 0 Å². The van der Waals surface area contributed by atoms with Crippen LogP contribution >= 0.6 is 20.7 Å². The van der Waals surface area contributed by atoms with Crippen molar-refractivity contribution in [2.45, 2.75) is 57.3 Å². The van der Waals surface area contributed by atoms with E-state index in [-0.39, 0.29) is 0 Å². The van der Waals surface area contributed by atoms with E-state index in [0.29, 0.717) is 26.1 Å². The molecule has 1 heteroatoms. The fourth-order valence-electron chi connectivity index (χ4n) is 1.99. The van der Waals surface area contributed by atoms with Crippen LogP contribution in [0.4, 0.5) is 0 Å². The smallest absolute Gasteiger partial charge is 0.00925 e. The molecule has 78 valence electrons. The van der Waals surface area contributed by atoms with E-state index in [1.54, 1.807) is 0 Å². The maximum absolute atomic E-state index is 2.61. The zero-order valence-electron chi connectivity index (χ0n) is 9.44. The first kappa shape index (κ1) is 11.7. The summed E-state index contributed by atoms with van der Waals surface area (Å²) in [6.07, 6.45) is 5.74. The van der Waals surface area contributed by atoms with Gasteiger partial charge in [-0.2, -0.15) is 0 Å². The predicted molar refractivity (Wildman–Crippen MR) is 71.0 cm³/mol. The summed E-state index contributed by atoms with van der Waals surface area (Å²) >= 11 is 0.411. The Morgan fingerprint density at radius 1 is 1.38 bits per heavy atom. The number of hydrogen-bond acceptors (Lipinski definition) is 0. The van der Waals surface area contributed by atoms with E-state index in [1.807, 2.05) is 0 Å². The molecule has 2 unspecified atom stereocenters. The minimum atomic E-state index is 0.411. The molecule has 0 saturated carbocycles. The minimum absolute atomic E-state index is 0.411. The van der Waals surface area contributed by atoms with Crippen LogP contribution in [0.25, 0.3) is 0 Å². The lowest BCUT2D eigenvalue weighted by atomic mass is 9.84. The van der Waals surface area contributed by atoms with Crippen molar-refractivity contribution >= 4 is 24.7 Å². The molecule has 1 heterocycles. The molecule has 0 aromatic carbocycles. The molecule has 0 aliphatic carbocycles. The summed E-state index contributed by atoms with van der Waals surface area (Å²) in [5.41, 5.74) is 0.545. The van der Waals surface area contributed by atoms with Gasteiger partial charge >= 0.3 is 0 Å². The highest BCUT2D eigenvalue weighted by Crippen LogP contribution is 2.37. The number of hydrogen-bond donors (Lipinski definition) is 0. The van der Waals surface area contributed by atoms with Crippen LogP contribution in [0.3, 0.4) is 0 Å². The molecular weight excluding hydrogens is 271 g/mol. The van der Waals surface area contributed by atoms with Gasteiger partial charge in [0.05, 0.1) is 0 Å². The molecule has 1 aliphatic heterocycles. The van der Waals surface area contributed by atoms with Crippen LogP contribution in [0, 0.1) is 11.3 Å². The Morgan fingerprint density at radius 3 is 2.62 bits per heavy atom. The van der Waals surface area contributed by atoms with Crippen LogP contribution in [0.1, 0.15) is 53.4 Å². The van der Waals surface area contributed by atoms with Crippen molar-refractivity contribution in [3.8, 4) is 0 Å². The van der Waals surface area contributed by atoms with E-state index >= 15 is 0 Å². The lowest BCUT2D eigenvalue weighted by Crippen LogP contribution is -2.23. The Kier molecular flexibility index (Phi) is 4.40. The van der Waals surface area contributed by atoms with E-state index in [0.717, 1.165) is 9.84 Å². The van der Waals surface area contributed by atoms with E-state index in [1.165, 1.54) is 25.7 Å². The molecule has 0 saturated heterocycles. The average Bonchev–Trinajstić information content (AvgIpc) is 2.02. The Bertz CT molecular complexity index is 176. The largest absolute Gasteiger partial charge is 0.123 e. The topological polar surface area (TPSA) is 0 Å². The Balaban J connectivity index is 2.55. The molecule has 0 fully saturated rings. The predicted octanol–water partition coefficient (Wildman–Crippen LogP) is 4.38. The molecule has 0 N–H and O–H groups in total. The molecule has 0 aromatic heterocycles. The summed E-state index contributed by atoms with van der Waals surface area (Å²) in [6, 6.07) is 0. The normalized spacial score (nSPS) is 29.8. The first-order valence-corrected chi connectivity index (χ1v) is 7.95. The van der Waals surface area contributed by atoms with E-state index in [9.17, 15) is 0 Å². The maximum atomic E-state index is 2.61. The maximum Gasteiger partial charge on any atom is 0.00925 e. The van der Waals surface area contributed by atoms with Gasteiger partial charge in [-0.15, -0.1) is 20.7 Å². The van der Waals surface area contributed by atoms with Crippen molar-refractivity contribution in [1.82, 2.24) is 0 Å². The van der Waals surface area contributed by atoms with Crippen LogP contribution in [-0.4, -0.2) is 7.94 Å². The summed E-state index contributed by atoms with van der Waals surface area (Å²) in [6.45, 7) is 9.53. The first-order valence-electron chi connectivity index (χ1n) is 5.46. The highest BCUT2D eigenvalue weighted by atomic mass is 127. The summed E-state index contributed by atoms with van der Waals surface area (Å²) < 4.78 is 3.69. The molecular formula is C12H23I. The first-order chi connectivity index (χ1) is 6.03. The van der Waals surface area contributed by atoms with Gasteiger partial charge in [0.15, 0.2) is 0 Å². The van der Waals surface area contributed by atoms with Gasteiger partial charge in [-0.1, -0.05) is 38.1 Å². The molecule has 1 rings (SSSR count). The van der Waals surface area contributed by atoms with Crippen LogP contribution in [0.15, 0.2) is 0 Å². The molecule has 0 spiro atoms. The van der Waals surface area contributed by atoms with Crippen LogP contribution < -0.4 is 0 Å². The second-order valence-corrected chi connectivity index (χ2v) is 8.51. The molecule has 0 radical (unpaired) electrons. The Labute approximate surface area is 93.2 Å². The number of alkyl halides is 1. The standard InChI is InChI=1S/C12H23I/c1-5-10-7-6-8-13-11(10)9-12(2,3)4/h8,10-11H,5-7,9H2,1-4H3. The monoisotopic (exact) mass is 294 g/mol. The third-order valence-electron chi connectivity index (χ3n) is 2.74. The van der Waals surface area contributed by atoms with E-state index in [2.05, 4.69) is 31.7 Å². The summed E-state index contributed by atoms with van der Waals surface area (Å²) in [7, 11) is 0. The molecule has 2 atom stereocenters. The van der Waals surface area contributed by atoms with Crippen LogP contribution in [0.2, 0.25) is 0 Å². The number of rotatable bonds is 2. The van der Waals surface area contributed by atoms with Crippen molar-refractivity contribution < 1.29 is 0 Å². The Morgan fingerprint density at radius 2 is 2.08 bits per heavy atom. The lowest BCUT2D eigenvalue weighted by Gasteiger charge is -2.31. The second kappa shape index (κ2) is 4.90. The fraction of sp³-hybridized carbons (Fsp3) is 0.917. The van der Waals surface area contributed by atoms with Gasteiger partial charge in [0.2, 0.25) is 0 Å². The second-order valence-electron chi connectivity index (χ2n) is 5.31. The number of halogens is 1. The zero-order valence-corrected chi connectivity index (χ0v) is 11.6. The molecule has 0 nitrogen and oxygen atoms in total. The minimum Gasteiger partial charge on any atom is -0.123 e. The van der Waals surface area contributed by atoms with Crippen molar-refractivity contribution in [3.05, 3.63) is 0 Å². The van der Waals surface area contributed by atoms with Crippen molar-refractivity contribution in [2.75, 3.05) is 0 Å². The molecule has 0 amide bonds. The van der Waals surface area contributed by atoms with Gasteiger partial charge in [-0.05, 0) is 30.6 Å². The Hall–Kier alpha value is 0.600. The quantitative estimate of drug-likeness (QED) is 0.523. The SMILES string of the molecule is CCC1CCC=IC1CC(C)(C)C. The fourth-order valence-corrected chi connectivity index (χ4v) is 6.40. The van der Waals surface area contributed by atoms with E-state index < -0.39 is 0 Å². The zero-order chi connectivity index (χ0) is 9.90. The van der Waals surface area contributed by atoms with Gasteiger partial charge in [0.1, 0.15) is 0 Å². The summed E-state index contributed by atoms with van der Waals surface area (Å²) in [5, 5.41) is 0. The third-order valence-corrected chi connectivity index (χ3v) is 6.25. The van der Waals surface area contributed by atoms with Crippen molar-refractivity contribution in [1.29, 1.82) is 0 Å². The van der Waals surface area contributed by atoms with Gasteiger partial charge in [-0.25, -0.2) is 0 Å². The highest BCUT2D eigenvalue weighted by Gasteiger charge is 2.25. The van der Waals surface area contributed by atoms with Crippen molar-refractivity contribution in [2.24, 2.45) is 11.3 Å². The van der Waals surface area contributed by atoms with Gasteiger partial charge < -0.3 is 0 Å². The average molecular weight is 294 g/mol. The summed E-state index contributed by atoms with van der Waals surface area (Å²) in [5.74, 6) is 1.05. The molecule has 13 heavy (non-hydrogen) atoms. The highest BCUT2D eigenvalue weighted by molar-refractivity contribution is 14.2. The lowest BCUT2D eigenvalue weighted by molar-refractivity contribution is 0.327. The van der Waals surface area contributed by atoms with Gasteiger partial charge in [0.25, 0.3) is 0 Å². The molecule has 1 aliphatic rings.